The number of imidazole rings is 1. The van der Waals surface area contributed by atoms with Gasteiger partial charge >= 0.3 is 0 Å². The lowest BCUT2D eigenvalue weighted by Crippen LogP contribution is -1.99. The molecular formula is C19H15N3OS. The number of nitrogens with zero attached hydrogens (tertiary/aromatic N) is 3. The number of pyridine rings is 1. The summed E-state index contributed by atoms with van der Waals surface area (Å²) in [5.74, 6) is 2.47. The van der Waals surface area contributed by atoms with Crippen molar-refractivity contribution in [3.8, 4) is 11.6 Å². The maximum Gasteiger partial charge on any atom is 0.139 e. The van der Waals surface area contributed by atoms with E-state index >= 15 is 0 Å². The molecule has 0 aliphatic carbocycles. The van der Waals surface area contributed by atoms with Crippen LogP contribution in [0, 0.1) is 0 Å². The molecule has 0 unspecified atom stereocenters. The molecule has 0 fully saturated rings. The van der Waals surface area contributed by atoms with Crippen LogP contribution in [-0.4, -0.2) is 21.6 Å². The number of methoxy groups -OCH3 is 1. The van der Waals surface area contributed by atoms with Crippen molar-refractivity contribution in [2.75, 3.05) is 7.11 Å². The van der Waals surface area contributed by atoms with Crippen molar-refractivity contribution in [1.82, 2.24) is 14.5 Å². The summed E-state index contributed by atoms with van der Waals surface area (Å²) in [5.41, 5.74) is 3.04. The minimum absolute atomic E-state index is 0.793. The van der Waals surface area contributed by atoms with Gasteiger partial charge in [0.2, 0.25) is 0 Å². The van der Waals surface area contributed by atoms with Crippen molar-refractivity contribution >= 4 is 34.5 Å². The van der Waals surface area contributed by atoms with Gasteiger partial charge in [-0.25, -0.2) is 9.97 Å². The van der Waals surface area contributed by atoms with Gasteiger partial charge in [-0.05, 0) is 52.7 Å². The van der Waals surface area contributed by atoms with Crippen molar-refractivity contribution in [3.63, 3.8) is 0 Å². The predicted molar refractivity (Wildman–Crippen MR) is 98.7 cm³/mol. The van der Waals surface area contributed by atoms with Gasteiger partial charge in [0.15, 0.2) is 0 Å². The second kappa shape index (κ2) is 6.29. The van der Waals surface area contributed by atoms with E-state index in [2.05, 4.69) is 32.5 Å². The van der Waals surface area contributed by atoms with Crippen molar-refractivity contribution < 1.29 is 4.74 Å². The molecule has 0 aliphatic rings. The highest BCUT2D eigenvalue weighted by Gasteiger charge is 2.12. The first kappa shape index (κ1) is 14.7. The van der Waals surface area contributed by atoms with Crippen LogP contribution in [0.3, 0.4) is 0 Å². The SMILES string of the molecule is COc1ccc2c(c1)nc(/C=C/c1ccsc1)n2-c1ccccn1. The first-order chi connectivity index (χ1) is 11.8. The second-order valence-electron chi connectivity index (χ2n) is 5.24. The third kappa shape index (κ3) is 2.70. The lowest BCUT2D eigenvalue weighted by Gasteiger charge is -2.06. The van der Waals surface area contributed by atoms with Gasteiger partial charge in [-0.1, -0.05) is 12.1 Å². The van der Waals surface area contributed by atoms with Gasteiger partial charge in [0.25, 0.3) is 0 Å². The molecule has 0 amide bonds. The minimum Gasteiger partial charge on any atom is -0.497 e. The molecule has 0 aliphatic heterocycles. The topological polar surface area (TPSA) is 39.9 Å². The van der Waals surface area contributed by atoms with Crippen LogP contribution in [0.1, 0.15) is 11.4 Å². The van der Waals surface area contributed by atoms with Crippen LogP contribution in [-0.2, 0) is 0 Å². The Balaban J connectivity index is 1.90. The fourth-order valence-corrected chi connectivity index (χ4v) is 3.21. The first-order valence-electron chi connectivity index (χ1n) is 7.53. The van der Waals surface area contributed by atoms with Crippen molar-refractivity contribution in [2.24, 2.45) is 0 Å². The standard InChI is InChI=1S/C19H15N3OS/c1-23-15-6-7-17-16(12-15)21-19(8-5-14-9-11-24-13-14)22(17)18-4-2-3-10-20-18/h2-13H,1H3/b8-5+. The number of hydrogen-bond donors (Lipinski definition) is 0. The van der Waals surface area contributed by atoms with E-state index in [4.69, 9.17) is 9.72 Å². The quantitative estimate of drug-likeness (QED) is 0.545. The largest absolute Gasteiger partial charge is 0.497 e. The molecule has 1 aromatic carbocycles. The zero-order valence-electron chi connectivity index (χ0n) is 13.1. The number of rotatable bonds is 4. The van der Waals surface area contributed by atoms with Gasteiger partial charge in [-0.15, -0.1) is 0 Å². The molecule has 4 nitrogen and oxygen atoms in total. The third-order valence-corrected chi connectivity index (χ3v) is 4.44. The number of fused-ring (bicyclic) bond motifs is 1. The molecule has 4 aromatic rings. The number of ether oxygens (including phenoxy) is 1. The van der Waals surface area contributed by atoms with Crippen LogP contribution in [0.4, 0.5) is 0 Å². The maximum atomic E-state index is 5.31. The monoisotopic (exact) mass is 333 g/mol. The Morgan fingerprint density at radius 2 is 2.08 bits per heavy atom. The van der Waals surface area contributed by atoms with Crippen LogP contribution >= 0.6 is 11.3 Å². The summed E-state index contributed by atoms with van der Waals surface area (Å²) < 4.78 is 7.37. The molecule has 3 heterocycles. The summed E-state index contributed by atoms with van der Waals surface area (Å²) >= 11 is 1.68. The summed E-state index contributed by atoms with van der Waals surface area (Å²) in [6.45, 7) is 0. The summed E-state index contributed by atoms with van der Waals surface area (Å²) in [4.78, 5) is 9.24. The van der Waals surface area contributed by atoms with Crippen LogP contribution in [0.5, 0.6) is 5.75 Å². The Morgan fingerprint density at radius 1 is 1.12 bits per heavy atom. The molecule has 0 spiro atoms. The van der Waals surface area contributed by atoms with E-state index in [-0.39, 0.29) is 0 Å². The zero-order chi connectivity index (χ0) is 16.4. The Labute approximate surface area is 143 Å². The van der Waals surface area contributed by atoms with E-state index in [1.54, 1.807) is 24.6 Å². The fraction of sp³-hybridized carbons (Fsp3) is 0.0526. The summed E-state index contributed by atoms with van der Waals surface area (Å²) in [6, 6.07) is 13.8. The van der Waals surface area contributed by atoms with Gasteiger partial charge in [-0.3, -0.25) is 4.57 Å². The van der Waals surface area contributed by atoms with Crippen molar-refractivity contribution in [3.05, 3.63) is 70.8 Å². The summed E-state index contributed by atoms with van der Waals surface area (Å²) in [7, 11) is 1.66. The van der Waals surface area contributed by atoms with Crippen LogP contribution in [0.15, 0.2) is 59.4 Å². The lowest BCUT2D eigenvalue weighted by molar-refractivity contribution is 0.415. The Hall–Kier alpha value is -2.92. The molecule has 0 bridgehead atoms. The number of benzene rings is 1. The average molecular weight is 333 g/mol. The Kier molecular flexibility index (Phi) is 3.84. The highest BCUT2D eigenvalue weighted by atomic mass is 32.1. The molecule has 118 valence electrons. The maximum absolute atomic E-state index is 5.31. The molecule has 0 N–H and O–H groups in total. The molecule has 24 heavy (non-hydrogen) atoms. The minimum atomic E-state index is 0.793. The predicted octanol–water partition coefficient (Wildman–Crippen LogP) is 4.66. The normalized spacial score (nSPS) is 11.4. The van der Waals surface area contributed by atoms with Gasteiger partial charge in [-0.2, -0.15) is 11.3 Å². The van der Waals surface area contributed by atoms with E-state index in [0.29, 0.717) is 0 Å². The summed E-state index contributed by atoms with van der Waals surface area (Å²) in [5, 5.41) is 4.17. The van der Waals surface area contributed by atoms with Crippen LogP contribution in [0.2, 0.25) is 0 Å². The van der Waals surface area contributed by atoms with E-state index in [9.17, 15) is 0 Å². The molecule has 0 atom stereocenters. The van der Waals surface area contributed by atoms with Gasteiger partial charge in [0.05, 0.1) is 18.1 Å². The molecule has 0 radical (unpaired) electrons. The molecule has 0 saturated carbocycles. The van der Waals surface area contributed by atoms with Crippen molar-refractivity contribution in [2.45, 2.75) is 0 Å². The highest BCUT2D eigenvalue weighted by Crippen LogP contribution is 2.25. The molecule has 3 aromatic heterocycles. The van der Waals surface area contributed by atoms with Crippen molar-refractivity contribution in [1.29, 1.82) is 0 Å². The van der Waals surface area contributed by atoms with Gasteiger partial charge in [0, 0.05) is 12.3 Å². The van der Waals surface area contributed by atoms with Gasteiger partial charge in [0.1, 0.15) is 17.4 Å². The number of thiophene rings is 1. The van der Waals surface area contributed by atoms with Gasteiger partial charge < -0.3 is 4.74 Å². The third-order valence-electron chi connectivity index (χ3n) is 3.73. The molecular weight excluding hydrogens is 318 g/mol. The van der Waals surface area contributed by atoms with E-state index < -0.39 is 0 Å². The van der Waals surface area contributed by atoms with E-state index in [1.807, 2.05) is 42.5 Å². The Bertz CT molecular complexity index is 988. The molecule has 0 saturated heterocycles. The van der Waals surface area contributed by atoms with E-state index in [0.717, 1.165) is 34.0 Å². The first-order valence-corrected chi connectivity index (χ1v) is 8.47. The van der Waals surface area contributed by atoms with Crippen LogP contribution in [0.25, 0.3) is 29.0 Å². The fourth-order valence-electron chi connectivity index (χ4n) is 2.58. The molecule has 4 rings (SSSR count). The lowest BCUT2D eigenvalue weighted by atomic mass is 10.3. The van der Waals surface area contributed by atoms with Crippen LogP contribution < -0.4 is 4.74 Å². The number of hydrogen-bond acceptors (Lipinski definition) is 4. The highest BCUT2D eigenvalue weighted by molar-refractivity contribution is 7.08. The average Bonchev–Trinajstić information content (AvgIpc) is 3.27. The second-order valence-corrected chi connectivity index (χ2v) is 6.02. The molecule has 5 heteroatoms. The zero-order valence-corrected chi connectivity index (χ0v) is 13.9. The smallest absolute Gasteiger partial charge is 0.139 e. The Morgan fingerprint density at radius 3 is 2.83 bits per heavy atom. The number of aromatic nitrogens is 3. The summed E-state index contributed by atoms with van der Waals surface area (Å²) in [6.07, 6.45) is 5.87. The van der Waals surface area contributed by atoms with E-state index in [1.165, 1.54) is 0 Å².